The zero-order valence-corrected chi connectivity index (χ0v) is 17.3. The van der Waals surface area contributed by atoms with Gasteiger partial charge in [0, 0.05) is 22.2 Å². The number of nitrogens with one attached hydrogen (secondary N) is 1. The largest absolute Gasteiger partial charge is 0.496 e. The average molecular weight is 416 g/mol. The monoisotopic (exact) mass is 415 g/mol. The molecule has 3 aromatic rings. The molecule has 0 saturated heterocycles. The summed E-state index contributed by atoms with van der Waals surface area (Å²) >= 11 is 12.2. The molecule has 0 bridgehead atoms. The van der Waals surface area contributed by atoms with Crippen molar-refractivity contribution in [2.75, 3.05) is 13.7 Å². The van der Waals surface area contributed by atoms with Crippen LogP contribution < -0.4 is 14.8 Å². The van der Waals surface area contributed by atoms with Gasteiger partial charge in [-0.3, -0.25) is 0 Å². The van der Waals surface area contributed by atoms with Crippen molar-refractivity contribution in [2.24, 2.45) is 0 Å². The Balaban J connectivity index is 1.58. The van der Waals surface area contributed by atoms with Crippen molar-refractivity contribution >= 4 is 23.2 Å². The van der Waals surface area contributed by atoms with E-state index >= 15 is 0 Å². The SMILES string of the molecule is COc1ccccc1CCNCc1cc(Cl)ccc1OCc1cccc(Cl)c1. The molecular formula is C23H23Cl2NO2. The van der Waals surface area contributed by atoms with Gasteiger partial charge in [0.05, 0.1) is 7.11 Å². The lowest BCUT2D eigenvalue weighted by atomic mass is 10.1. The standard InChI is InChI=1S/C23H23Cl2NO2/c1-27-22-8-3-2-6-18(22)11-12-26-15-19-14-21(25)9-10-23(19)28-16-17-5-4-7-20(24)13-17/h2-10,13-14,26H,11-12,15-16H2,1H3. The second kappa shape index (κ2) is 10.4. The Bertz CT molecular complexity index is 915. The molecule has 0 amide bonds. The Labute approximate surface area is 176 Å². The van der Waals surface area contributed by atoms with Crippen LogP contribution in [0.2, 0.25) is 10.0 Å². The number of hydrogen-bond acceptors (Lipinski definition) is 3. The summed E-state index contributed by atoms with van der Waals surface area (Å²) in [4.78, 5) is 0. The summed E-state index contributed by atoms with van der Waals surface area (Å²) in [5, 5.41) is 4.86. The average Bonchev–Trinajstić information content (AvgIpc) is 2.71. The third-order valence-electron chi connectivity index (χ3n) is 4.38. The summed E-state index contributed by atoms with van der Waals surface area (Å²) < 4.78 is 11.4. The molecule has 3 aromatic carbocycles. The second-order valence-corrected chi connectivity index (χ2v) is 7.28. The molecule has 0 fully saturated rings. The number of methoxy groups -OCH3 is 1. The van der Waals surface area contributed by atoms with Gasteiger partial charge in [0.2, 0.25) is 0 Å². The second-order valence-electron chi connectivity index (χ2n) is 6.41. The van der Waals surface area contributed by atoms with E-state index in [1.165, 1.54) is 5.56 Å². The summed E-state index contributed by atoms with van der Waals surface area (Å²) in [6.07, 6.45) is 0.878. The van der Waals surface area contributed by atoms with Crippen molar-refractivity contribution in [3.05, 3.63) is 93.5 Å². The van der Waals surface area contributed by atoms with E-state index in [4.69, 9.17) is 32.7 Å². The molecule has 0 aromatic heterocycles. The lowest BCUT2D eigenvalue weighted by molar-refractivity contribution is 0.302. The van der Waals surface area contributed by atoms with Gasteiger partial charge in [0.15, 0.2) is 0 Å². The lowest BCUT2D eigenvalue weighted by Gasteiger charge is -2.14. The number of halogens is 2. The minimum Gasteiger partial charge on any atom is -0.496 e. The van der Waals surface area contributed by atoms with Crippen LogP contribution in [0.15, 0.2) is 66.7 Å². The summed E-state index contributed by atoms with van der Waals surface area (Å²) in [7, 11) is 1.70. The Kier molecular flexibility index (Phi) is 7.61. The van der Waals surface area contributed by atoms with E-state index in [0.717, 1.165) is 35.6 Å². The molecule has 0 spiro atoms. The minimum absolute atomic E-state index is 0.455. The number of hydrogen-bond donors (Lipinski definition) is 1. The van der Waals surface area contributed by atoms with Gasteiger partial charge in [0.25, 0.3) is 0 Å². The Morgan fingerprint density at radius 2 is 1.64 bits per heavy atom. The van der Waals surface area contributed by atoms with Crippen molar-refractivity contribution < 1.29 is 9.47 Å². The normalized spacial score (nSPS) is 10.7. The van der Waals surface area contributed by atoms with E-state index < -0.39 is 0 Å². The molecule has 1 N–H and O–H groups in total. The highest BCUT2D eigenvalue weighted by Gasteiger charge is 2.07. The van der Waals surface area contributed by atoms with Crippen molar-refractivity contribution in [2.45, 2.75) is 19.6 Å². The van der Waals surface area contributed by atoms with Gasteiger partial charge in [-0.15, -0.1) is 0 Å². The van der Waals surface area contributed by atoms with Crippen LogP contribution in [0, 0.1) is 0 Å². The fraction of sp³-hybridized carbons (Fsp3) is 0.217. The molecule has 28 heavy (non-hydrogen) atoms. The van der Waals surface area contributed by atoms with Crippen molar-refractivity contribution in [1.29, 1.82) is 0 Å². The third kappa shape index (κ3) is 5.90. The fourth-order valence-corrected chi connectivity index (χ4v) is 3.38. The highest BCUT2D eigenvalue weighted by atomic mass is 35.5. The van der Waals surface area contributed by atoms with Crippen molar-refractivity contribution in [1.82, 2.24) is 5.32 Å². The molecule has 0 radical (unpaired) electrons. The highest BCUT2D eigenvalue weighted by Crippen LogP contribution is 2.24. The van der Waals surface area contributed by atoms with E-state index in [1.807, 2.05) is 60.7 Å². The van der Waals surface area contributed by atoms with Gasteiger partial charge in [-0.2, -0.15) is 0 Å². The van der Waals surface area contributed by atoms with Crippen LogP contribution in [0.1, 0.15) is 16.7 Å². The maximum Gasteiger partial charge on any atom is 0.124 e. The number of rotatable bonds is 9. The van der Waals surface area contributed by atoms with E-state index in [0.29, 0.717) is 23.2 Å². The van der Waals surface area contributed by atoms with Gasteiger partial charge < -0.3 is 14.8 Å². The van der Waals surface area contributed by atoms with Crippen LogP contribution in [-0.2, 0) is 19.6 Å². The Morgan fingerprint density at radius 3 is 2.46 bits per heavy atom. The molecule has 0 atom stereocenters. The van der Waals surface area contributed by atoms with Gasteiger partial charge in [-0.1, -0.05) is 53.5 Å². The first-order chi connectivity index (χ1) is 13.7. The van der Waals surface area contributed by atoms with Gasteiger partial charge in [0.1, 0.15) is 18.1 Å². The lowest BCUT2D eigenvalue weighted by Crippen LogP contribution is -2.17. The third-order valence-corrected chi connectivity index (χ3v) is 4.86. The first kappa shape index (κ1) is 20.5. The molecule has 3 nitrogen and oxygen atoms in total. The van der Waals surface area contributed by atoms with Crippen LogP contribution in [0.3, 0.4) is 0 Å². The number of ether oxygens (including phenoxy) is 2. The Morgan fingerprint density at radius 1 is 0.821 bits per heavy atom. The zero-order chi connectivity index (χ0) is 19.8. The van der Waals surface area contributed by atoms with Gasteiger partial charge in [-0.05, 0) is 60.5 Å². The molecule has 3 rings (SSSR count). The molecule has 0 aliphatic heterocycles. The van der Waals surface area contributed by atoms with Gasteiger partial charge in [-0.25, -0.2) is 0 Å². The predicted octanol–water partition coefficient (Wildman–Crippen LogP) is 5.91. The van der Waals surface area contributed by atoms with E-state index in [1.54, 1.807) is 7.11 Å². The van der Waals surface area contributed by atoms with E-state index in [2.05, 4.69) is 11.4 Å². The predicted molar refractivity (Wildman–Crippen MR) is 116 cm³/mol. The quantitative estimate of drug-likeness (QED) is 0.440. The minimum atomic E-state index is 0.455. The van der Waals surface area contributed by atoms with E-state index in [9.17, 15) is 0 Å². The molecule has 0 aliphatic rings. The zero-order valence-electron chi connectivity index (χ0n) is 15.8. The topological polar surface area (TPSA) is 30.5 Å². The van der Waals surface area contributed by atoms with Crippen molar-refractivity contribution in [3.63, 3.8) is 0 Å². The van der Waals surface area contributed by atoms with Crippen LogP contribution in [-0.4, -0.2) is 13.7 Å². The molecule has 0 aliphatic carbocycles. The van der Waals surface area contributed by atoms with Crippen LogP contribution in [0.4, 0.5) is 0 Å². The van der Waals surface area contributed by atoms with Crippen LogP contribution in [0.5, 0.6) is 11.5 Å². The molecule has 0 unspecified atom stereocenters. The van der Waals surface area contributed by atoms with E-state index in [-0.39, 0.29) is 0 Å². The van der Waals surface area contributed by atoms with Crippen molar-refractivity contribution in [3.8, 4) is 11.5 Å². The molecule has 146 valence electrons. The summed E-state index contributed by atoms with van der Waals surface area (Å²) in [5.74, 6) is 1.73. The maximum atomic E-state index is 6.19. The summed E-state index contributed by atoms with van der Waals surface area (Å²) in [6.45, 7) is 1.94. The maximum absolute atomic E-state index is 6.19. The number of para-hydroxylation sites is 1. The highest BCUT2D eigenvalue weighted by molar-refractivity contribution is 6.30. The smallest absolute Gasteiger partial charge is 0.124 e. The number of benzene rings is 3. The summed E-state index contributed by atoms with van der Waals surface area (Å²) in [5.41, 5.74) is 3.23. The summed E-state index contributed by atoms with van der Waals surface area (Å²) in [6, 6.07) is 21.4. The molecule has 5 heteroatoms. The molecular weight excluding hydrogens is 393 g/mol. The fourth-order valence-electron chi connectivity index (χ4n) is 2.97. The molecule has 0 saturated carbocycles. The van der Waals surface area contributed by atoms with Crippen LogP contribution in [0.25, 0.3) is 0 Å². The first-order valence-corrected chi connectivity index (χ1v) is 9.89. The van der Waals surface area contributed by atoms with Gasteiger partial charge >= 0.3 is 0 Å². The first-order valence-electron chi connectivity index (χ1n) is 9.14. The Hall–Kier alpha value is -2.20. The van der Waals surface area contributed by atoms with Crippen LogP contribution >= 0.6 is 23.2 Å². The molecule has 0 heterocycles.